The molecule has 1 aliphatic rings. The fraction of sp³-hybridized carbons (Fsp3) is 0.400. The molecule has 0 saturated heterocycles. The third-order valence-corrected chi connectivity index (χ3v) is 4.69. The van der Waals surface area contributed by atoms with Gasteiger partial charge in [-0.2, -0.15) is 0 Å². The maximum Gasteiger partial charge on any atom is 0.294 e. The highest BCUT2D eigenvalue weighted by Crippen LogP contribution is 2.36. The van der Waals surface area contributed by atoms with Crippen molar-refractivity contribution in [3.8, 4) is 5.69 Å². The van der Waals surface area contributed by atoms with Crippen molar-refractivity contribution in [1.82, 2.24) is 9.36 Å². The second-order valence-electron chi connectivity index (χ2n) is 5.40. The van der Waals surface area contributed by atoms with E-state index in [2.05, 4.69) is 15.9 Å². The van der Waals surface area contributed by atoms with Gasteiger partial charge in [0.2, 0.25) is 0 Å². The summed E-state index contributed by atoms with van der Waals surface area (Å²) in [5, 5.41) is 0. The van der Waals surface area contributed by atoms with Crippen molar-refractivity contribution in [3.05, 3.63) is 44.8 Å². The molecule has 1 aliphatic carbocycles. The van der Waals surface area contributed by atoms with Crippen LogP contribution in [0.25, 0.3) is 5.69 Å². The fourth-order valence-corrected chi connectivity index (χ4v) is 3.46. The van der Waals surface area contributed by atoms with Crippen molar-refractivity contribution in [1.29, 1.82) is 0 Å². The van der Waals surface area contributed by atoms with E-state index in [-0.39, 0.29) is 5.56 Å². The SMILES string of the molecule is Cn1c(C2CCCC2)c(N)c(=O)n1-c1ccc(Br)cc1. The number of hydrogen-bond donors (Lipinski definition) is 1. The van der Waals surface area contributed by atoms with Crippen LogP contribution in [0.5, 0.6) is 0 Å². The van der Waals surface area contributed by atoms with Crippen molar-refractivity contribution < 1.29 is 0 Å². The largest absolute Gasteiger partial charge is 0.393 e. The highest BCUT2D eigenvalue weighted by molar-refractivity contribution is 9.10. The molecule has 0 aliphatic heterocycles. The van der Waals surface area contributed by atoms with E-state index >= 15 is 0 Å². The molecule has 0 bridgehead atoms. The lowest BCUT2D eigenvalue weighted by molar-refractivity contribution is 0.568. The Balaban J connectivity index is 2.14. The Morgan fingerprint density at radius 3 is 2.40 bits per heavy atom. The minimum absolute atomic E-state index is 0.114. The number of hydrogen-bond acceptors (Lipinski definition) is 2. The predicted octanol–water partition coefficient (Wildman–Crippen LogP) is 3.18. The third-order valence-electron chi connectivity index (χ3n) is 4.16. The molecule has 4 nitrogen and oxygen atoms in total. The minimum atomic E-state index is -0.114. The Morgan fingerprint density at radius 2 is 1.80 bits per heavy atom. The first-order chi connectivity index (χ1) is 9.59. The Bertz CT molecular complexity index is 678. The van der Waals surface area contributed by atoms with Gasteiger partial charge in [0.15, 0.2) is 0 Å². The molecule has 20 heavy (non-hydrogen) atoms. The smallest absolute Gasteiger partial charge is 0.294 e. The van der Waals surface area contributed by atoms with E-state index in [1.165, 1.54) is 12.8 Å². The molecular formula is C15H18BrN3O. The van der Waals surface area contributed by atoms with Crippen LogP contribution in [0.1, 0.15) is 37.3 Å². The molecule has 1 saturated carbocycles. The van der Waals surface area contributed by atoms with Gasteiger partial charge in [0.25, 0.3) is 5.56 Å². The van der Waals surface area contributed by atoms with Crippen LogP contribution in [0.3, 0.4) is 0 Å². The number of nitrogen functional groups attached to an aromatic ring is 1. The highest BCUT2D eigenvalue weighted by Gasteiger charge is 2.26. The van der Waals surface area contributed by atoms with Crippen LogP contribution in [0, 0.1) is 0 Å². The minimum Gasteiger partial charge on any atom is -0.393 e. The van der Waals surface area contributed by atoms with E-state index in [0.717, 1.165) is 28.7 Å². The van der Waals surface area contributed by atoms with Crippen molar-refractivity contribution >= 4 is 21.6 Å². The normalized spacial score (nSPS) is 15.9. The van der Waals surface area contributed by atoms with Crippen LogP contribution in [-0.4, -0.2) is 9.36 Å². The number of rotatable bonds is 2. The molecule has 0 unspecified atom stereocenters. The van der Waals surface area contributed by atoms with E-state index in [0.29, 0.717) is 11.6 Å². The van der Waals surface area contributed by atoms with Gasteiger partial charge in [-0.3, -0.25) is 9.48 Å². The summed E-state index contributed by atoms with van der Waals surface area (Å²) < 4.78 is 4.58. The summed E-state index contributed by atoms with van der Waals surface area (Å²) in [6.45, 7) is 0. The van der Waals surface area contributed by atoms with Crippen molar-refractivity contribution in [3.63, 3.8) is 0 Å². The molecule has 5 heteroatoms. The molecule has 0 amide bonds. The number of benzene rings is 1. The average molecular weight is 336 g/mol. The molecule has 106 valence electrons. The van der Waals surface area contributed by atoms with Gasteiger partial charge in [-0.15, -0.1) is 0 Å². The van der Waals surface area contributed by atoms with Gasteiger partial charge >= 0.3 is 0 Å². The lowest BCUT2D eigenvalue weighted by Crippen LogP contribution is -2.20. The topological polar surface area (TPSA) is 52.9 Å². The van der Waals surface area contributed by atoms with Crippen LogP contribution in [0.4, 0.5) is 5.69 Å². The summed E-state index contributed by atoms with van der Waals surface area (Å²) in [4.78, 5) is 12.5. The Morgan fingerprint density at radius 1 is 1.20 bits per heavy atom. The first-order valence-corrected chi connectivity index (χ1v) is 7.72. The van der Waals surface area contributed by atoms with Crippen molar-refractivity contribution in [2.24, 2.45) is 7.05 Å². The summed E-state index contributed by atoms with van der Waals surface area (Å²) in [5.41, 5.74) is 8.22. The zero-order chi connectivity index (χ0) is 14.3. The lowest BCUT2D eigenvalue weighted by atomic mass is 10.0. The number of nitrogens with two attached hydrogens (primary N) is 1. The number of nitrogens with zero attached hydrogens (tertiary/aromatic N) is 2. The van der Waals surface area contributed by atoms with Gasteiger partial charge in [-0.1, -0.05) is 28.8 Å². The summed E-state index contributed by atoms with van der Waals surface area (Å²) in [6, 6.07) is 7.70. The van der Waals surface area contributed by atoms with Gasteiger partial charge in [0, 0.05) is 17.4 Å². The standard InChI is InChI=1S/C15H18BrN3O/c1-18-14(10-4-2-3-5-10)13(17)15(20)19(18)12-8-6-11(16)7-9-12/h6-10H,2-5,17H2,1H3. The van der Waals surface area contributed by atoms with E-state index in [4.69, 9.17) is 5.73 Å². The van der Waals surface area contributed by atoms with Gasteiger partial charge < -0.3 is 5.73 Å². The number of aromatic nitrogens is 2. The zero-order valence-corrected chi connectivity index (χ0v) is 13.1. The van der Waals surface area contributed by atoms with Gasteiger partial charge in [0.1, 0.15) is 5.69 Å². The molecule has 2 aromatic rings. The van der Waals surface area contributed by atoms with Gasteiger partial charge in [-0.05, 0) is 37.1 Å². The summed E-state index contributed by atoms with van der Waals surface area (Å²) in [6.07, 6.45) is 4.70. The third kappa shape index (κ3) is 2.10. The second-order valence-corrected chi connectivity index (χ2v) is 6.31. The number of anilines is 1. The average Bonchev–Trinajstić information content (AvgIpc) is 3.01. The number of halogens is 1. The van der Waals surface area contributed by atoms with Crippen molar-refractivity contribution in [2.75, 3.05) is 5.73 Å². The molecule has 1 aromatic carbocycles. The Hall–Kier alpha value is -1.49. The van der Waals surface area contributed by atoms with Crippen LogP contribution < -0.4 is 11.3 Å². The van der Waals surface area contributed by atoms with E-state index in [1.807, 2.05) is 36.0 Å². The van der Waals surface area contributed by atoms with E-state index in [9.17, 15) is 4.79 Å². The molecule has 3 rings (SSSR count). The molecule has 1 heterocycles. The Labute approximate surface area is 126 Å². The fourth-order valence-electron chi connectivity index (χ4n) is 3.20. The predicted molar refractivity (Wildman–Crippen MR) is 84.3 cm³/mol. The zero-order valence-electron chi connectivity index (χ0n) is 11.5. The van der Waals surface area contributed by atoms with E-state index in [1.54, 1.807) is 4.68 Å². The Kier molecular flexibility index (Phi) is 3.46. The molecule has 0 atom stereocenters. The van der Waals surface area contributed by atoms with Crippen LogP contribution in [-0.2, 0) is 7.05 Å². The van der Waals surface area contributed by atoms with Gasteiger partial charge in [0.05, 0.1) is 11.4 Å². The maximum atomic E-state index is 12.5. The summed E-state index contributed by atoms with van der Waals surface area (Å²) in [5.74, 6) is 0.421. The second kappa shape index (κ2) is 5.13. The van der Waals surface area contributed by atoms with Crippen LogP contribution in [0.2, 0.25) is 0 Å². The highest BCUT2D eigenvalue weighted by atomic mass is 79.9. The van der Waals surface area contributed by atoms with E-state index < -0.39 is 0 Å². The first kappa shape index (κ1) is 13.5. The molecule has 2 N–H and O–H groups in total. The van der Waals surface area contributed by atoms with Crippen LogP contribution in [0.15, 0.2) is 33.5 Å². The molecule has 1 aromatic heterocycles. The summed E-state index contributed by atoms with van der Waals surface area (Å²) >= 11 is 3.41. The maximum absolute atomic E-state index is 12.5. The first-order valence-electron chi connectivity index (χ1n) is 6.93. The lowest BCUT2D eigenvalue weighted by Gasteiger charge is -2.14. The van der Waals surface area contributed by atoms with Crippen molar-refractivity contribution in [2.45, 2.75) is 31.6 Å². The molecular weight excluding hydrogens is 318 g/mol. The van der Waals surface area contributed by atoms with Gasteiger partial charge in [-0.25, -0.2) is 4.68 Å². The molecule has 0 spiro atoms. The quantitative estimate of drug-likeness (QED) is 0.916. The monoisotopic (exact) mass is 335 g/mol. The summed E-state index contributed by atoms with van der Waals surface area (Å²) in [7, 11) is 1.92. The van der Waals surface area contributed by atoms with Crippen LogP contribution >= 0.6 is 15.9 Å². The molecule has 1 fully saturated rings. The molecule has 0 radical (unpaired) electrons.